The lowest BCUT2D eigenvalue weighted by atomic mass is 10.4. The Morgan fingerprint density at radius 1 is 1.57 bits per heavy atom. The summed E-state index contributed by atoms with van der Waals surface area (Å²) in [6, 6.07) is 3.80. The predicted octanol–water partition coefficient (Wildman–Crippen LogP) is 2.39. The summed E-state index contributed by atoms with van der Waals surface area (Å²) in [4.78, 5) is 0. The van der Waals surface area contributed by atoms with E-state index in [1.165, 1.54) is 0 Å². The molecule has 2 rings (SSSR count). The van der Waals surface area contributed by atoms with Gasteiger partial charge in [-0.2, -0.15) is 5.10 Å². The highest BCUT2D eigenvalue weighted by Crippen LogP contribution is 2.15. The lowest BCUT2D eigenvalue weighted by Crippen LogP contribution is -1.96. The zero-order valence-electron chi connectivity index (χ0n) is 7.70. The van der Waals surface area contributed by atoms with Gasteiger partial charge in [-0.15, -0.1) is 0 Å². The van der Waals surface area contributed by atoms with Crippen molar-refractivity contribution in [3.63, 3.8) is 0 Å². The summed E-state index contributed by atoms with van der Waals surface area (Å²) >= 11 is 3.25. The maximum Gasteiger partial charge on any atom is 0.169 e. The molecule has 0 bridgehead atoms. The molecule has 0 saturated heterocycles. The second kappa shape index (κ2) is 3.88. The molecule has 0 amide bonds. The molecule has 0 spiro atoms. The standard InChI is InChI=1S/C9H10BrN3O/c1-13-6-7(4-12-13)11-5-8-2-3-9(10)14-8/h2-4,6,11H,5H2,1H3. The molecule has 0 radical (unpaired) electrons. The third-order valence-electron chi connectivity index (χ3n) is 1.80. The second-order valence-corrected chi connectivity index (χ2v) is 3.74. The SMILES string of the molecule is Cn1cc(NCc2ccc(Br)o2)cn1. The van der Waals surface area contributed by atoms with Gasteiger partial charge < -0.3 is 9.73 Å². The van der Waals surface area contributed by atoms with Crippen molar-refractivity contribution in [3.8, 4) is 0 Å². The Labute approximate surface area is 90.0 Å². The highest BCUT2D eigenvalue weighted by atomic mass is 79.9. The van der Waals surface area contributed by atoms with Crippen molar-refractivity contribution in [2.45, 2.75) is 6.54 Å². The average molecular weight is 256 g/mol. The quantitative estimate of drug-likeness (QED) is 0.916. The van der Waals surface area contributed by atoms with Crippen LogP contribution in [0.25, 0.3) is 0 Å². The first-order chi connectivity index (χ1) is 6.74. The number of aromatic nitrogens is 2. The van der Waals surface area contributed by atoms with Gasteiger partial charge in [-0.25, -0.2) is 0 Å². The summed E-state index contributed by atoms with van der Waals surface area (Å²) in [7, 11) is 1.88. The molecule has 2 aromatic heterocycles. The van der Waals surface area contributed by atoms with Crippen LogP contribution in [-0.2, 0) is 13.6 Å². The lowest BCUT2D eigenvalue weighted by molar-refractivity contribution is 0.495. The van der Waals surface area contributed by atoms with Crippen molar-refractivity contribution in [1.82, 2.24) is 9.78 Å². The molecule has 0 fully saturated rings. The topological polar surface area (TPSA) is 43.0 Å². The fraction of sp³-hybridized carbons (Fsp3) is 0.222. The van der Waals surface area contributed by atoms with Crippen LogP contribution in [0.15, 0.2) is 33.6 Å². The summed E-state index contributed by atoms with van der Waals surface area (Å²) in [6.07, 6.45) is 3.69. The van der Waals surface area contributed by atoms with E-state index < -0.39 is 0 Å². The largest absolute Gasteiger partial charge is 0.452 e. The van der Waals surface area contributed by atoms with E-state index in [1.807, 2.05) is 25.4 Å². The molecule has 0 aliphatic heterocycles. The van der Waals surface area contributed by atoms with Gasteiger partial charge in [0.15, 0.2) is 4.67 Å². The Kier molecular flexibility index (Phi) is 2.58. The smallest absolute Gasteiger partial charge is 0.169 e. The number of anilines is 1. The number of hydrogen-bond acceptors (Lipinski definition) is 3. The first-order valence-electron chi connectivity index (χ1n) is 4.21. The van der Waals surface area contributed by atoms with Crippen LogP contribution in [-0.4, -0.2) is 9.78 Å². The van der Waals surface area contributed by atoms with E-state index in [2.05, 4.69) is 26.3 Å². The predicted molar refractivity (Wildman–Crippen MR) is 56.9 cm³/mol. The van der Waals surface area contributed by atoms with Gasteiger partial charge in [-0.1, -0.05) is 0 Å². The van der Waals surface area contributed by atoms with Gasteiger partial charge in [0.1, 0.15) is 5.76 Å². The fourth-order valence-electron chi connectivity index (χ4n) is 1.15. The molecule has 0 atom stereocenters. The first-order valence-corrected chi connectivity index (χ1v) is 5.00. The van der Waals surface area contributed by atoms with Crippen LogP contribution in [0.4, 0.5) is 5.69 Å². The van der Waals surface area contributed by atoms with Gasteiger partial charge in [0.05, 0.1) is 18.4 Å². The van der Waals surface area contributed by atoms with Crippen molar-refractivity contribution in [3.05, 3.63) is 35.0 Å². The summed E-state index contributed by atoms with van der Waals surface area (Å²) in [5, 5.41) is 7.25. The summed E-state index contributed by atoms with van der Waals surface area (Å²) in [5.41, 5.74) is 0.986. The van der Waals surface area contributed by atoms with Gasteiger partial charge in [-0.05, 0) is 28.1 Å². The molecule has 2 aromatic rings. The molecule has 0 aromatic carbocycles. The minimum Gasteiger partial charge on any atom is -0.452 e. The Morgan fingerprint density at radius 3 is 3.00 bits per heavy atom. The number of nitrogens with one attached hydrogen (secondary N) is 1. The molecule has 0 aliphatic carbocycles. The van der Waals surface area contributed by atoms with Crippen LogP contribution in [0.2, 0.25) is 0 Å². The number of hydrogen-bond donors (Lipinski definition) is 1. The Bertz CT molecular complexity index is 381. The van der Waals surface area contributed by atoms with Crippen LogP contribution in [0.1, 0.15) is 5.76 Å². The van der Waals surface area contributed by atoms with E-state index >= 15 is 0 Å². The van der Waals surface area contributed by atoms with Crippen molar-refractivity contribution in [2.75, 3.05) is 5.32 Å². The van der Waals surface area contributed by atoms with Crippen LogP contribution in [0.3, 0.4) is 0 Å². The van der Waals surface area contributed by atoms with E-state index in [0.29, 0.717) is 6.54 Å². The summed E-state index contributed by atoms with van der Waals surface area (Å²) in [6.45, 7) is 0.664. The zero-order valence-corrected chi connectivity index (χ0v) is 9.28. The number of aryl methyl sites for hydroxylation is 1. The Balaban J connectivity index is 1.94. The van der Waals surface area contributed by atoms with E-state index in [1.54, 1.807) is 10.9 Å². The maximum absolute atomic E-state index is 5.34. The third kappa shape index (κ3) is 2.17. The molecule has 0 saturated carbocycles. The molecule has 0 aliphatic rings. The molecule has 74 valence electrons. The summed E-state index contributed by atoms with van der Waals surface area (Å²) in [5.74, 6) is 0.890. The van der Waals surface area contributed by atoms with Crippen molar-refractivity contribution >= 4 is 21.6 Å². The molecular formula is C9H10BrN3O. The molecule has 1 N–H and O–H groups in total. The molecule has 4 nitrogen and oxygen atoms in total. The van der Waals surface area contributed by atoms with Crippen LogP contribution < -0.4 is 5.32 Å². The molecular weight excluding hydrogens is 246 g/mol. The van der Waals surface area contributed by atoms with Crippen LogP contribution in [0, 0.1) is 0 Å². The average Bonchev–Trinajstić information content (AvgIpc) is 2.72. The van der Waals surface area contributed by atoms with Gasteiger partial charge in [-0.3, -0.25) is 4.68 Å². The third-order valence-corrected chi connectivity index (χ3v) is 2.23. The zero-order chi connectivity index (χ0) is 9.97. The van der Waals surface area contributed by atoms with E-state index in [0.717, 1.165) is 16.1 Å². The van der Waals surface area contributed by atoms with Gasteiger partial charge in [0.25, 0.3) is 0 Å². The lowest BCUT2D eigenvalue weighted by Gasteiger charge is -1.98. The first kappa shape index (κ1) is 9.33. The van der Waals surface area contributed by atoms with Crippen LogP contribution >= 0.6 is 15.9 Å². The Morgan fingerprint density at radius 2 is 2.43 bits per heavy atom. The number of rotatable bonds is 3. The highest BCUT2D eigenvalue weighted by Gasteiger charge is 1.99. The van der Waals surface area contributed by atoms with E-state index in [9.17, 15) is 0 Å². The summed E-state index contributed by atoms with van der Waals surface area (Å²) < 4.78 is 7.84. The number of furan rings is 1. The monoisotopic (exact) mass is 255 g/mol. The van der Waals surface area contributed by atoms with E-state index in [4.69, 9.17) is 4.42 Å². The van der Waals surface area contributed by atoms with Gasteiger partial charge in [0, 0.05) is 13.2 Å². The van der Waals surface area contributed by atoms with Crippen molar-refractivity contribution in [1.29, 1.82) is 0 Å². The number of halogens is 1. The molecule has 0 unspecified atom stereocenters. The molecule has 5 heteroatoms. The van der Waals surface area contributed by atoms with Crippen LogP contribution in [0.5, 0.6) is 0 Å². The highest BCUT2D eigenvalue weighted by molar-refractivity contribution is 9.10. The minimum absolute atomic E-state index is 0.664. The Hall–Kier alpha value is -1.23. The second-order valence-electron chi connectivity index (χ2n) is 2.96. The van der Waals surface area contributed by atoms with E-state index in [-0.39, 0.29) is 0 Å². The minimum atomic E-state index is 0.664. The maximum atomic E-state index is 5.34. The normalized spacial score (nSPS) is 10.4. The molecule has 2 heterocycles. The molecule has 14 heavy (non-hydrogen) atoms. The van der Waals surface area contributed by atoms with Gasteiger partial charge in [0.2, 0.25) is 0 Å². The van der Waals surface area contributed by atoms with Crippen molar-refractivity contribution < 1.29 is 4.42 Å². The van der Waals surface area contributed by atoms with Crippen molar-refractivity contribution in [2.24, 2.45) is 7.05 Å². The van der Waals surface area contributed by atoms with Gasteiger partial charge >= 0.3 is 0 Å². The number of nitrogens with zero attached hydrogens (tertiary/aromatic N) is 2. The fourth-order valence-corrected chi connectivity index (χ4v) is 1.49.